The normalized spacial score (nSPS) is 20.5. The van der Waals surface area contributed by atoms with Gasteiger partial charge in [-0.3, -0.25) is 9.69 Å². The van der Waals surface area contributed by atoms with Gasteiger partial charge in [-0.25, -0.2) is 4.79 Å². The number of rotatable bonds is 10. The van der Waals surface area contributed by atoms with Gasteiger partial charge in [0.05, 0.1) is 0 Å². The molecule has 2 N–H and O–H groups in total. The standard InChI is InChI=1S/C32H38N2O4/c1-23-16-18-33(31(24(23)2)27-14-9-15-28(35)21-27)19-17-30(36)34(22-26-12-7-4-8-13-26)29(32(37)38)20-25-10-5-3-6-11-25/h3-15,21,23-24,29,31,35H,16-20,22H2,1-2H3,(H,37,38)/t23-,24-,29+,31?/m1/s1. The number of carboxylic acid groups (broad SMARTS) is 1. The van der Waals surface area contributed by atoms with E-state index < -0.39 is 12.0 Å². The van der Waals surface area contributed by atoms with Gasteiger partial charge < -0.3 is 15.1 Å². The van der Waals surface area contributed by atoms with E-state index in [9.17, 15) is 19.8 Å². The zero-order valence-corrected chi connectivity index (χ0v) is 22.2. The average Bonchev–Trinajstić information content (AvgIpc) is 2.92. The summed E-state index contributed by atoms with van der Waals surface area (Å²) in [5, 5.41) is 20.3. The molecule has 1 heterocycles. The van der Waals surface area contributed by atoms with Crippen molar-refractivity contribution in [3.05, 3.63) is 102 Å². The summed E-state index contributed by atoms with van der Waals surface area (Å²) in [6.07, 6.45) is 1.50. The smallest absolute Gasteiger partial charge is 0.326 e. The predicted octanol–water partition coefficient (Wildman–Crippen LogP) is 5.53. The molecule has 0 bridgehead atoms. The number of phenolic OH excluding ortho intramolecular Hbond substituents is 1. The summed E-state index contributed by atoms with van der Waals surface area (Å²) < 4.78 is 0. The number of aliphatic carboxylic acids is 1. The molecule has 6 nitrogen and oxygen atoms in total. The molecule has 200 valence electrons. The molecule has 0 radical (unpaired) electrons. The summed E-state index contributed by atoms with van der Waals surface area (Å²) >= 11 is 0. The summed E-state index contributed by atoms with van der Waals surface area (Å²) in [7, 11) is 0. The third-order valence-corrected chi connectivity index (χ3v) is 7.93. The maximum atomic E-state index is 13.8. The second kappa shape index (κ2) is 12.7. The Bertz CT molecular complexity index is 1200. The minimum absolute atomic E-state index is 0.0841. The summed E-state index contributed by atoms with van der Waals surface area (Å²) in [5.74, 6) is -0.0606. The lowest BCUT2D eigenvalue weighted by atomic mass is 9.79. The topological polar surface area (TPSA) is 81.1 Å². The van der Waals surface area contributed by atoms with Crippen LogP contribution in [0, 0.1) is 11.8 Å². The second-order valence-corrected chi connectivity index (χ2v) is 10.5. The van der Waals surface area contributed by atoms with Crippen LogP contribution in [-0.2, 0) is 22.6 Å². The van der Waals surface area contributed by atoms with Crippen molar-refractivity contribution in [2.75, 3.05) is 13.1 Å². The molecule has 6 heteroatoms. The highest BCUT2D eigenvalue weighted by Gasteiger charge is 2.35. The van der Waals surface area contributed by atoms with Crippen LogP contribution >= 0.6 is 0 Å². The van der Waals surface area contributed by atoms with Crippen LogP contribution in [0.25, 0.3) is 0 Å². The quantitative estimate of drug-likeness (QED) is 0.372. The maximum Gasteiger partial charge on any atom is 0.326 e. The van der Waals surface area contributed by atoms with E-state index >= 15 is 0 Å². The lowest BCUT2D eigenvalue weighted by Gasteiger charge is -2.44. The van der Waals surface area contributed by atoms with Gasteiger partial charge in [-0.15, -0.1) is 0 Å². The van der Waals surface area contributed by atoms with Crippen LogP contribution in [0.3, 0.4) is 0 Å². The number of aromatic hydroxyl groups is 1. The Labute approximate surface area is 225 Å². The van der Waals surface area contributed by atoms with Crippen LogP contribution in [-0.4, -0.2) is 51.0 Å². The van der Waals surface area contributed by atoms with Gasteiger partial charge in [-0.1, -0.05) is 86.6 Å². The van der Waals surface area contributed by atoms with Crippen molar-refractivity contribution < 1.29 is 19.8 Å². The molecule has 0 aromatic heterocycles. The van der Waals surface area contributed by atoms with Crippen molar-refractivity contribution >= 4 is 11.9 Å². The van der Waals surface area contributed by atoms with Crippen molar-refractivity contribution in [2.24, 2.45) is 11.8 Å². The highest BCUT2D eigenvalue weighted by atomic mass is 16.4. The lowest BCUT2D eigenvalue weighted by Crippen LogP contribution is -2.48. The number of nitrogens with zero attached hydrogens (tertiary/aromatic N) is 2. The van der Waals surface area contributed by atoms with Gasteiger partial charge in [0.25, 0.3) is 0 Å². The van der Waals surface area contributed by atoms with Gasteiger partial charge >= 0.3 is 5.97 Å². The van der Waals surface area contributed by atoms with Crippen molar-refractivity contribution in [3.8, 4) is 5.75 Å². The van der Waals surface area contributed by atoms with Gasteiger partial charge in [-0.05, 0) is 53.6 Å². The number of carbonyl (C=O) groups excluding carboxylic acids is 1. The fraction of sp³-hybridized carbons (Fsp3) is 0.375. The molecule has 3 aromatic rings. The van der Waals surface area contributed by atoms with Gasteiger partial charge in [0.2, 0.25) is 5.91 Å². The molecule has 1 unspecified atom stereocenters. The molecule has 1 aliphatic rings. The van der Waals surface area contributed by atoms with Gasteiger partial charge in [-0.2, -0.15) is 0 Å². The molecule has 4 atom stereocenters. The number of carbonyl (C=O) groups is 2. The number of likely N-dealkylation sites (tertiary alicyclic amines) is 1. The maximum absolute atomic E-state index is 13.8. The Morgan fingerprint density at radius 1 is 0.947 bits per heavy atom. The van der Waals surface area contributed by atoms with Crippen LogP contribution in [0.15, 0.2) is 84.9 Å². The van der Waals surface area contributed by atoms with E-state index in [0.29, 0.717) is 18.4 Å². The number of hydrogen-bond donors (Lipinski definition) is 2. The highest BCUT2D eigenvalue weighted by Crippen LogP contribution is 2.40. The second-order valence-electron chi connectivity index (χ2n) is 10.5. The van der Waals surface area contributed by atoms with Crippen molar-refractivity contribution in [1.29, 1.82) is 0 Å². The molecule has 1 fully saturated rings. The molecule has 0 saturated carbocycles. The minimum atomic E-state index is -1.00. The molecule has 38 heavy (non-hydrogen) atoms. The van der Waals surface area contributed by atoms with Crippen molar-refractivity contribution in [1.82, 2.24) is 9.80 Å². The molecule has 4 rings (SSSR count). The van der Waals surface area contributed by atoms with E-state index in [1.807, 2.05) is 78.9 Å². The number of carboxylic acids is 1. The van der Waals surface area contributed by atoms with E-state index in [2.05, 4.69) is 18.7 Å². The van der Waals surface area contributed by atoms with Gasteiger partial charge in [0, 0.05) is 32.0 Å². The SMILES string of the molecule is C[C@@H]1CCN(CCC(=O)N(Cc2ccccc2)[C@@H](Cc2ccccc2)C(=O)O)C(c2cccc(O)c2)[C@@H]1C. The first-order valence-corrected chi connectivity index (χ1v) is 13.5. The van der Waals surface area contributed by atoms with Crippen LogP contribution in [0.1, 0.15) is 49.4 Å². The zero-order chi connectivity index (χ0) is 27.1. The molecule has 1 saturated heterocycles. The zero-order valence-electron chi connectivity index (χ0n) is 22.2. The highest BCUT2D eigenvalue weighted by molar-refractivity contribution is 5.84. The molecule has 1 aliphatic heterocycles. The molecular formula is C32H38N2O4. The first-order chi connectivity index (χ1) is 18.3. The Balaban J connectivity index is 1.55. The first-order valence-electron chi connectivity index (χ1n) is 13.5. The predicted molar refractivity (Wildman–Crippen MR) is 149 cm³/mol. The van der Waals surface area contributed by atoms with Gasteiger partial charge in [0.1, 0.15) is 11.8 Å². The minimum Gasteiger partial charge on any atom is -0.508 e. The number of piperidine rings is 1. The van der Waals surface area contributed by atoms with E-state index in [1.54, 1.807) is 6.07 Å². The average molecular weight is 515 g/mol. The lowest BCUT2D eigenvalue weighted by molar-refractivity contribution is -0.151. The van der Waals surface area contributed by atoms with E-state index in [1.165, 1.54) is 4.90 Å². The summed E-state index contributed by atoms with van der Waals surface area (Å²) in [6, 6.07) is 25.5. The number of phenols is 1. The Morgan fingerprint density at radius 2 is 1.61 bits per heavy atom. The molecule has 0 aliphatic carbocycles. The monoisotopic (exact) mass is 514 g/mol. The fourth-order valence-electron chi connectivity index (χ4n) is 5.59. The van der Waals surface area contributed by atoms with E-state index in [-0.39, 0.29) is 37.1 Å². The van der Waals surface area contributed by atoms with E-state index in [0.717, 1.165) is 29.7 Å². The number of amides is 1. The van der Waals surface area contributed by atoms with E-state index in [4.69, 9.17) is 0 Å². The van der Waals surface area contributed by atoms with Crippen LogP contribution in [0.2, 0.25) is 0 Å². The third-order valence-electron chi connectivity index (χ3n) is 7.93. The number of benzene rings is 3. The van der Waals surface area contributed by atoms with Crippen LogP contribution < -0.4 is 0 Å². The van der Waals surface area contributed by atoms with Crippen LogP contribution in [0.4, 0.5) is 0 Å². The largest absolute Gasteiger partial charge is 0.508 e. The summed E-state index contributed by atoms with van der Waals surface area (Å²) in [4.78, 5) is 30.1. The first kappa shape index (κ1) is 27.4. The Kier molecular flexibility index (Phi) is 9.19. The van der Waals surface area contributed by atoms with Crippen molar-refractivity contribution in [2.45, 2.75) is 51.7 Å². The third kappa shape index (κ3) is 6.81. The molecular weight excluding hydrogens is 476 g/mol. The van der Waals surface area contributed by atoms with Crippen LogP contribution in [0.5, 0.6) is 5.75 Å². The summed E-state index contributed by atoms with van der Waals surface area (Å²) in [6.45, 7) is 6.11. The summed E-state index contributed by atoms with van der Waals surface area (Å²) in [5.41, 5.74) is 2.83. The molecule has 3 aromatic carbocycles. The van der Waals surface area contributed by atoms with Gasteiger partial charge in [0.15, 0.2) is 0 Å². The van der Waals surface area contributed by atoms with Crippen molar-refractivity contribution in [3.63, 3.8) is 0 Å². The number of hydrogen-bond acceptors (Lipinski definition) is 4. The molecule has 1 amide bonds. The fourth-order valence-corrected chi connectivity index (χ4v) is 5.59. The Morgan fingerprint density at radius 3 is 2.24 bits per heavy atom. The molecule has 0 spiro atoms. The Hall–Kier alpha value is -3.64.